The highest BCUT2D eigenvalue weighted by Gasteiger charge is 2.65. The monoisotopic (exact) mass is 772 g/mol. The number of ether oxygens (including phenoxy) is 2. The molecule has 0 spiro atoms. The Morgan fingerprint density at radius 3 is 1.12 bits per heavy atom. The quantitative estimate of drug-likeness (QED) is 0.103. The van der Waals surface area contributed by atoms with Gasteiger partial charge in [0.1, 0.15) is 23.4 Å². The third-order valence-electron chi connectivity index (χ3n) is 12.3. The fourth-order valence-corrected chi connectivity index (χ4v) is 14.1. The van der Waals surface area contributed by atoms with E-state index in [-0.39, 0.29) is 16.8 Å². The largest absolute Gasteiger partial charge is 0.461 e. The van der Waals surface area contributed by atoms with Crippen molar-refractivity contribution in [3.63, 3.8) is 0 Å². The Labute approximate surface area is 340 Å². The summed E-state index contributed by atoms with van der Waals surface area (Å²) in [4.78, 5) is 0. The van der Waals surface area contributed by atoms with Crippen LogP contribution in [0, 0.1) is 5.92 Å². The predicted octanol–water partition coefficient (Wildman–Crippen LogP) is 9.41. The predicted molar refractivity (Wildman–Crippen MR) is 232 cm³/mol. The molecule has 2 aliphatic rings. The summed E-state index contributed by atoms with van der Waals surface area (Å²) in [5, 5.41) is 2.44. The topological polar surface area (TPSA) is 46.2 Å². The molecule has 7 heteroatoms. The van der Waals surface area contributed by atoms with Crippen LogP contribution >= 0.6 is 0 Å². The minimum atomic E-state index is -2.74. The molecule has 6 aromatic rings. The smallest absolute Gasteiger partial charge is 0.407 e. The summed E-state index contributed by atoms with van der Waals surface area (Å²) in [6, 6.07) is 63.4. The van der Waals surface area contributed by atoms with Gasteiger partial charge in [-0.15, -0.1) is 0 Å². The van der Waals surface area contributed by atoms with Crippen molar-refractivity contribution in [1.82, 2.24) is 0 Å². The van der Waals surface area contributed by atoms with Gasteiger partial charge in [-0.2, -0.15) is 0 Å². The molecule has 4 atom stereocenters. The molecule has 0 aromatic heterocycles. The van der Waals surface area contributed by atoms with Gasteiger partial charge >= 0.3 is 7.12 Å². The Bertz CT molecular complexity index is 1950. The molecule has 2 fully saturated rings. The molecule has 290 valence electrons. The highest BCUT2D eigenvalue weighted by molar-refractivity contribution is 6.99. The van der Waals surface area contributed by atoms with Gasteiger partial charge < -0.3 is 23.2 Å². The van der Waals surface area contributed by atoms with Gasteiger partial charge in [0.25, 0.3) is 8.32 Å². The van der Waals surface area contributed by atoms with Crippen LogP contribution in [-0.2, 0) is 34.4 Å². The summed E-state index contributed by atoms with van der Waals surface area (Å²) in [5.74, 6) is 0.352. The van der Waals surface area contributed by atoms with Crippen LogP contribution in [0.25, 0.3) is 0 Å². The van der Waals surface area contributed by atoms with Crippen LogP contribution in [0.1, 0.15) is 49.4 Å². The van der Waals surface area contributed by atoms with E-state index in [1.54, 1.807) is 14.2 Å². The van der Waals surface area contributed by atoms with Crippen LogP contribution in [0.5, 0.6) is 0 Å². The summed E-state index contributed by atoms with van der Waals surface area (Å²) >= 11 is 0. The van der Waals surface area contributed by atoms with Crippen LogP contribution in [0.2, 0.25) is 10.9 Å². The highest BCUT2D eigenvalue weighted by atomic mass is 28.4. The first kappa shape index (κ1) is 39.2. The molecule has 1 heterocycles. The number of rotatable bonds is 14. The lowest BCUT2D eigenvalue weighted by atomic mass is 9.71. The van der Waals surface area contributed by atoms with Crippen LogP contribution in [0.3, 0.4) is 0 Å². The van der Waals surface area contributed by atoms with Gasteiger partial charge in [-0.1, -0.05) is 203 Å². The van der Waals surface area contributed by atoms with Crippen molar-refractivity contribution >= 4 is 25.8 Å². The first-order valence-corrected chi connectivity index (χ1v) is 22.1. The normalized spacial score (nSPS) is 20.1. The lowest BCUT2D eigenvalue weighted by Gasteiger charge is -2.47. The van der Waals surface area contributed by atoms with E-state index >= 15 is 0 Å². The number of methoxy groups -OCH3 is 2. The Morgan fingerprint density at radius 2 is 0.825 bits per heavy atom. The molecule has 0 bridgehead atoms. The summed E-state index contributed by atoms with van der Waals surface area (Å²) in [7, 11) is 0.297. The average molecular weight is 773 g/mol. The van der Waals surface area contributed by atoms with Gasteiger partial charge in [-0.05, 0) is 55.8 Å². The zero-order valence-electron chi connectivity index (χ0n) is 33.7. The van der Waals surface area contributed by atoms with E-state index < -0.39 is 38.8 Å². The zero-order chi connectivity index (χ0) is 39.5. The summed E-state index contributed by atoms with van der Waals surface area (Å²) in [6.45, 7) is 7.60. The maximum absolute atomic E-state index is 7.47. The molecule has 0 N–H and O–H groups in total. The molecule has 1 aliphatic carbocycles. The van der Waals surface area contributed by atoms with Crippen LogP contribution in [-0.4, -0.2) is 48.5 Å². The molecular formula is C50H53BO5Si. The summed E-state index contributed by atoms with van der Waals surface area (Å²) in [6.07, 6.45) is -0.330. The lowest BCUT2D eigenvalue weighted by Crippen LogP contribution is -2.66. The van der Waals surface area contributed by atoms with Gasteiger partial charge in [0.2, 0.25) is 0 Å². The molecule has 8 rings (SSSR count). The van der Waals surface area contributed by atoms with Crippen molar-refractivity contribution in [2.45, 2.75) is 61.5 Å². The molecule has 5 nitrogen and oxygen atoms in total. The van der Waals surface area contributed by atoms with Gasteiger partial charge in [-0.3, -0.25) is 0 Å². The SMILES string of the molecule is COC(c1ccccc1)(c1ccccc1)[C@@H]1OB([C@H]2C[C@@H]2CO[Si](c2ccccc2)(c2ccccc2)C(C)(C)C)O[C@H]1C(OC)(c1ccccc1)c1ccccc1. The first-order chi connectivity index (χ1) is 27.8. The third kappa shape index (κ3) is 6.94. The Kier molecular flexibility index (Phi) is 11.2. The second-order valence-corrected chi connectivity index (χ2v) is 20.8. The van der Waals surface area contributed by atoms with Crippen molar-refractivity contribution in [2.75, 3.05) is 20.8 Å². The Balaban J connectivity index is 1.22. The molecule has 0 unspecified atom stereocenters. The zero-order valence-corrected chi connectivity index (χ0v) is 34.7. The van der Waals surface area contributed by atoms with Gasteiger partial charge in [0.05, 0.1) is 0 Å². The van der Waals surface area contributed by atoms with E-state index in [0.717, 1.165) is 28.7 Å². The molecule has 0 radical (unpaired) electrons. The van der Waals surface area contributed by atoms with E-state index in [2.05, 4.69) is 178 Å². The molecule has 1 saturated heterocycles. The third-order valence-corrected chi connectivity index (χ3v) is 17.4. The van der Waals surface area contributed by atoms with Crippen molar-refractivity contribution in [1.29, 1.82) is 0 Å². The van der Waals surface area contributed by atoms with Gasteiger partial charge in [0.15, 0.2) is 0 Å². The van der Waals surface area contributed by atoms with Crippen molar-refractivity contribution in [3.05, 3.63) is 204 Å². The fourth-order valence-electron chi connectivity index (χ4n) is 9.51. The van der Waals surface area contributed by atoms with Crippen molar-refractivity contribution in [3.8, 4) is 0 Å². The number of benzene rings is 6. The number of hydrogen-bond acceptors (Lipinski definition) is 5. The highest BCUT2D eigenvalue weighted by Crippen LogP contribution is 2.56. The van der Waals surface area contributed by atoms with E-state index in [4.69, 9.17) is 23.2 Å². The molecule has 1 aliphatic heterocycles. The molecular weight excluding hydrogens is 719 g/mol. The molecule has 1 saturated carbocycles. The summed E-state index contributed by atoms with van der Waals surface area (Å²) < 4.78 is 36.1. The molecule has 6 aromatic carbocycles. The minimum absolute atomic E-state index is 0.109. The second kappa shape index (κ2) is 16.3. The van der Waals surface area contributed by atoms with Crippen molar-refractivity contribution < 1.29 is 23.2 Å². The average Bonchev–Trinajstić information content (AvgIpc) is 3.92. The maximum Gasteiger partial charge on any atom is 0.461 e. The van der Waals surface area contributed by atoms with Crippen LogP contribution in [0.15, 0.2) is 182 Å². The first-order valence-electron chi connectivity index (χ1n) is 20.2. The second-order valence-electron chi connectivity index (χ2n) is 16.5. The Morgan fingerprint density at radius 1 is 0.509 bits per heavy atom. The molecule has 57 heavy (non-hydrogen) atoms. The van der Waals surface area contributed by atoms with E-state index in [9.17, 15) is 0 Å². The summed E-state index contributed by atoms with van der Waals surface area (Å²) in [5.41, 5.74) is 1.81. The standard InChI is InChI=1S/C50H53BO5Si/c1-48(2,3)57(43-32-20-10-21-33-43,44-34-22-11-23-35-44)54-37-38-36-45(38)51-55-46(49(52-4,39-24-12-6-13-25-39)40-26-14-7-15-27-40)47(56-51)50(53-5,41-28-16-8-17-29-41)42-30-18-9-19-31-42/h6-35,38,45-47H,36-37H2,1-5H3/t38-,45+,46-,47-/m1/s1. The Hall–Kier alpha value is -4.60. The minimum Gasteiger partial charge on any atom is -0.407 e. The number of hydrogen-bond donors (Lipinski definition) is 0. The van der Waals surface area contributed by atoms with Crippen molar-refractivity contribution in [2.24, 2.45) is 5.92 Å². The van der Waals surface area contributed by atoms with E-state index in [1.165, 1.54) is 10.4 Å². The van der Waals surface area contributed by atoms with E-state index in [1.807, 2.05) is 24.3 Å². The van der Waals surface area contributed by atoms with Gasteiger partial charge in [0, 0.05) is 20.8 Å². The van der Waals surface area contributed by atoms with Gasteiger partial charge in [-0.25, -0.2) is 0 Å². The molecule has 0 amide bonds. The lowest BCUT2D eigenvalue weighted by molar-refractivity contribution is -0.136. The van der Waals surface area contributed by atoms with Crippen LogP contribution < -0.4 is 10.4 Å². The fraction of sp³-hybridized carbons (Fsp3) is 0.280. The maximum atomic E-state index is 7.47. The van der Waals surface area contributed by atoms with Crippen LogP contribution in [0.4, 0.5) is 0 Å². The van der Waals surface area contributed by atoms with E-state index in [0.29, 0.717) is 6.61 Å².